The molecule has 1 aromatic heterocycles. The Morgan fingerprint density at radius 2 is 1.86 bits per heavy atom. The first-order valence-electron chi connectivity index (χ1n) is 10.4. The summed E-state index contributed by atoms with van der Waals surface area (Å²) in [5.41, 5.74) is -2.82. The summed E-state index contributed by atoms with van der Waals surface area (Å²) in [6, 6.07) is 3.58. The Morgan fingerprint density at radius 1 is 1.17 bits per heavy atom. The smallest absolute Gasteiger partial charge is 0.365 e. The van der Waals surface area contributed by atoms with Gasteiger partial charge in [-0.3, -0.25) is 4.79 Å². The van der Waals surface area contributed by atoms with Gasteiger partial charge >= 0.3 is 6.18 Å². The minimum absolute atomic E-state index is 0. The van der Waals surface area contributed by atoms with Crippen LogP contribution < -0.4 is 10.6 Å². The number of rotatable bonds is 8. The summed E-state index contributed by atoms with van der Waals surface area (Å²) in [4.78, 5) is 20.5. The molecule has 1 saturated carbocycles. The van der Waals surface area contributed by atoms with Gasteiger partial charge in [0, 0.05) is 12.1 Å². The highest BCUT2D eigenvalue weighted by Gasteiger charge is 2.64. The van der Waals surface area contributed by atoms with Gasteiger partial charge in [-0.15, -0.1) is 0 Å². The van der Waals surface area contributed by atoms with Crippen LogP contribution in [0.2, 0.25) is 0 Å². The number of benzene rings is 1. The van der Waals surface area contributed by atoms with Crippen LogP contribution in [-0.4, -0.2) is 40.8 Å². The molecule has 0 spiro atoms. The lowest BCUT2D eigenvalue weighted by Gasteiger charge is -2.22. The number of alkyl halides is 5. The van der Waals surface area contributed by atoms with Crippen molar-refractivity contribution in [1.82, 2.24) is 15.3 Å². The molecule has 0 atom stereocenters. The van der Waals surface area contributed by atoms with E-state index < -0.39 is 48.1 Å². The molecule has 2 fully saturated rings. The SMILES string of the molecule is C.O=C(Cc1ncnc(NCc2cccc(C(F)F)c2F)c1C1OCCO1)NC1(C(F)(F)F)CC1. The predicted molar refractivity (Wildman–Crippen MR) is 112 cm³/mol. The number of nitrogens with one attached hydrogen (secondary N) is 2. The molecule has 2 N–H and O–H groups in total. The second-order valence-corrected chi connectivity index (χ2v) is 7.94. The summed E-state index contributed by atoms with van der Waals surface area (Å²) in [7, 11) is 0. The molecule has 35 heavy (non-hydrogen) atoms. The van der Waals surface area contributed by atoms with Gasteiger partial charge in [0.15, 0.2) is 6.29 Å². The van der Waals surface area contributed by atoms with Crippen LogP contribution in [0.15, 0.2) is 24.5 Å². The number of ether oxygens (including phenoxy) is 2. The van der Waals surface area contributed by atoms with E-state index in [0.29, 0.717) is 0 Å². The zero-order valence-corrected chi connectivity index (χ0v) is 17.6. The average molecular weight is 506 g/mol. The first kappa shape index (κ1) is 26.7. The normalized spacial score (nSPS) is 17.2. The highest BCUT2D eigenvalue weighted by molar-refractivity contribution is 5.80. The molecule has 4 rings (SSSR count). The fourth-order valence-electron chi connectivity index (χ4n) is 3.64. The summed E-state index contributed by atoms with van der Waals surface area (Å²) in [5.74, 6) is -1.90. The van der Waals surface area contributed by atoms with Crippen molar-refractivity contribution in [3.05, 3.63) is 52.7 Å². The van der Waals surface area contributed by atoms with E-state index in [1.807, 2.05) is 5.32 Å². The number of halogens is 6. The van der Waals surface area contributed by atoms with Crippen molar-refractivity contribution in [2.24, 2.45) is 0 Å². The topological polar surface area (TPSA) is 85.4 Å². The van der Waals surface area contributed by atoms with Gasteiger partial charge in [-0.1, -0.05) is 25.6 Å². The molecule has 0 radical (unpaired) electrons. The third kappa shape index (κ3) is 5.67. The molecular weight excluding hydrogens is 482 g/mol. The Balaban J connectivity index is 0.00000342. The van der Waals surface area contributed by atoms with Crippen LogP contribution in [-0.2, 0) is 27.2 Å². The van der Waals surface area contributed by atoms with Crippen molar-refractivity contribution in [2.45, 2.75) is 57.7 Å². The van der Waals surface area contributed by atoms with Crippen LogP contribution in [0.4, 0.5) is 32.2 Å². The Bertz CT molecular complexity index is 1060. The van der Waals surface area contributed by atoms with Gasteiger partial charge in [0.1, 0.15) is 23.5 Å². The maximum absolute atomic E-state index is 14.4. The molecule has 2 aliphatic rings. The number of hydrogen-bond acceptors (Lipinski definition) is 6. The lowest BCUT2D eigenvalue weighted by molar-refractivity contribution is -0.170. The monoisotopic (exact) mass is 506 g/mol. The fourth-order valence-corrected chi connectivity index (χ4v) is 3.64. The molecule has 1 aromatic carbocycles. The van der Waals surface area contributed by atoms with Crippen molar-refractivity contribution < 1.29 is 40.6 Å². The highest BCUT2D eigenvalue weighted by atomic mass is 19.4. The first-order valence-corrected chi connectivity index (χ1v) is 10.4. The van der Waals surface area contributed by atoms with E-state index in [2.05, 4.69) is 15.3 Å². The zero-order valence-electron chi connectivity index (χ0n) is 17.6. The molecule has 0 unspecified atom stereocenters. The van der Waals surface area contributed by atoms with Gasteiger partial charge in [0.05, 0.1) is 36.5 Å². The van der Waals surface area contributed by atoms with Gasteiger partial charge in [-0.05, 0) is 12.8 Å². The number of carbonyl (C=O) groups excluding carboxylic acids is 1. The van der Waals surface area contributed by atoms with Crippen LogP contribution in [0, 0.1) is 5.82 Å². The number of hydrogen-bond donors (Lipinski definition) is 2. The van der Waals surface area contributed by atoms with Gasteiger partial charge in [0.25, 0.3) is 6.43 Å². The van der Waals surface area contributed by atoms with E-state index in [9.17, 15) is 31.1 Å². The summed E-state index contributed by atoms with van der Waals surface area (Å²) < 4.78 is 90.9. The van der Waals surface area contributed by atoms with Crippen LogP contribution in [0.3, 0.4) is 0 Å². The van der Waals surface area contributed by atoms with E-state index in [1.165, 1.54) is 12.1 Å². The van der Waals surface area contributed by atoms with Crippen LogP contribution in [0.5, 0.6) is 0 Å². The summed E-state index contributed by atoms with van der Waals surface area (Å²) in [6.45, 7) is 0.186. The molecule has 7 nitrogen and oxygen atoms in total. The molecule has 1 saturated heterocycles. The Hall–Kier alpha value is -2.93. The Morgan fingerprint density at radius 3 is 2.46 bits per heavy atom. The predicted octanol–water partition coefficient (Wildman–Crippen LogP) is 4.60. The Labute approximate surface area is 197 Å². The number of aromatic nitrogens is 2. The van der Waals surface area contributed by atoms with Crippen LogP contribution >= 0.6 is 0 Å². The van der Waals surface area contributed by atoms with Gasteiger partial charge in [-0.2, -0.15) is 13.2 Å². The molecular formula is C22H24F6N4O3. The quantitative estimate of drug-likeness (QED) is 0.509. The van der Waals surface area contributed by atoms with Crippen molar-refractivity contribution >= 4 is 11.7 Å². The van der Waals surface area contributed by atoms with E-state index in [4.69, 9.17) is 9.47 Å². The zero-order chi connectivity index (χ0) is 24.5. The third-order valence-corrected chi connectivity index (χ3v) is 5.61. The number of carbonyl (C=O) groups is 1. The Kier molecular flexibility index (Phi) is 7.90. The minimum atomic E-state index is -4.57. The van der Waals surface area contributed by atoms with Crippen LogP contribution in [0.25, 0.3) is 0 Å². The first-order chi connectivity index (χ1) is 16.1. The van der Waals surface area contributed by atoms with E-state index in [-0.39, 0.29) is 62.7 Å². The maximum atomic E-state index is 14.4. The largest absolute Gasteiger partial charge is 0.411 e. The number of nitrogens with zero attached hydrogens (tertiary/aromatic N) is 2. The second kappa shape index (κ2) is 10.4. The third-order valence-electron chi connectivity index (χ3n) is 5.61. The molecule has 1 aliphatic carbocycles. The highest BCUT2D eigenvalue weighted by Crippen LogP contribution is 2.49. The van der Waals surface area contributed by atoms with Crippen molar-refractivity contribution in [1.29, 1.82) is 0 Å². The number of anilines is 1. The second-order valence-electron chi connectivity index (χ2n) is 7.94. The summed E-state index contributed by atoms with van der Waals surface area (Å²) in [5, 5.41) is 4.83. The molecule has 192 valence electrons. The summed E-state index contributed by atoms with van der Waals surface area (Å²) >= 11 is 0. The molecule has 0 bridgehead atoms. The molecule has 2 heterocycles. The molecule has 1 amide bonds. The van der Waals surface area contributed by atoms with Gasteiger partial charge in [0.2, 0.25) is 5.91 Å². The van der Waals surface area contributed by atoms with Gasteiger partial charge in [-0.25, -0.2) is 23.1 Å². The average Bonchev–Trinajstić information content (AvgIpc) is 3.36. The fraction of sp³-hybridized carbons (Fsp3) is 0.500. The summed E-state index contributed by atoms with van der Waals surface area (Å²) in [6.07, 6.45) is -8.42. The minimum Gasteiger partial charge on any atom is -0.365 e. The van der Waals surface area contributed by atoms with E-state index in [1.54, 1.807) is 0 Å². The van der Waals surface area contributed by atoms with Gasteiger partial charge < -0.3 is 20.1 Å². The lowest BCUT2D eigenvalue weighted by atomic mass is 10.1. The van der Waals surface area contributed by atoms with Crippen LogP contribution in [0.1, 0.15) is 55.4 Å². The molecule has 2 aromatic rings. The van der Waals surface area contributed by atoms with Crippen molar-refractivity contribution in [2.75, 3.05) is 18.5 Å². The molecule has 1 aliphatic heterocycles. The maximum Gasteiger partial charge on any atom is 0.411 e. The van der Waals surface area contributed by atoms with Crippen molar-refractivity contribution in [3.63, 3.8) is 0 Å². The lowest BCUT2D eigenvalue weighted by Crippen LogP contribution is -2.48. The standard InChI is InChI=1S/C21H20F6N4O3.CH4/c22-16-11(2-1-3-12(16)17(23)24)9-28-18-15(19-33-6-7-34-19)13(29-10-30-18)8-14(32)31-20(4-5-20)21(25,26)27;/h1-3,10,17,19H,4-9H2,(H,31,32)(H,28,29,30);1H4. The molecule has 13 heteroatoms. The van der Waals surface area contributed by atoms with Crippen molar-refractivity contribution in [3.8, 4) is 0 Å². The van der Waals surface area contributed by atoms with E-state index in [0.717, 1.165) is 12.4 Å². The van der Waals surface area contributed by atoms with E-state index >= 15 is 0 Å². The number of amides is 1.